The Hall–Kier alpha value is -1.50. The van der Waals surface area contributed by atoms with Crippen molar-refractivity contribution in [2.75, 3.05) is 32.8 Å². The first-order chi connectivity index (χ1) is 10.8. The molecule has 2 N–H and O–H groups in total. The van der Waals surface area contributed by atoms with Crippen LogP contribution in [0.25, 0.3) is 0 Å². The van der Waals surface area contributed by atoms with Crippen LogP contribution in [0, 0.1) is 0 Å². The molecule has 2 aliphatic rings. The van der Waals surface area contributed by atoms with Crippen molar-refractivity contribution in [2.45, 2.75) is 58.2 Å². The summed E-state index contributed by atoms with van der Waals surface area (Å²) >= 11 is 0. The van der Waals surface area contributed by atoms with Gasteiger partial charge in [-0.3, -0.25) is 0 Å². The summed E-state index contributed by atoms with van der Waals surface area (Å²) in [5.41, 5.74) is -0.304. The largest absolute Gasteiger partial charge is 0.371 e. The first kappa shape index (κ1) is 17.8. The van der Waals surface area contributed by atoms with Crippen molar-refractivity contribution in [3.05, 3.63) is 0 Å². The molecule has 2 fully saturated rings. The number of hydrogen-bond acceptors (Lipinski definition) is 3. The number of urea groups is 2. The van der Waals surface area contributed by atoms with Gasteiger partial charge in [0.25, 0.3) is 0 Å². The molecule has 7 nitrogen and oxygen atoms in total. The lowest BCUT2D eigenvalue weighted by molar-refractivity contribution is -0.122. The molecular weight excluding hydrogens is 296 g/mol. The van der Waals surface area contributed by atoms with Gasteiger partial charge >= 0.3 is 12.1 Å². The molecule has 132 valence electrons. The summed E-state index contributed by atoms with van der Waals surface area (Å²) in [6.07, 6.45) is 1.54. The van der Waals surface area contributed by atoms with Crippen LogP contribution in [-0.4, -0.2) is 72.3 Å². The van der Waals surface area contributed by atoms with Crippen LogP contribution in [0.3, 0.4) is 0 Å². The van der Waals surface area contributed by atoms with Gasteiger partial charge in [-0.25, -0.2) is 9.59 Å². The normalized spacial score (nSPS) is 21.0. The van der Waals surface area contributed by atoms with Crippen molar-refractivity contribution < 1.29 is 14.3 Å². The summed E-state index contributed by atoms with van der Waals surface area (Å²) in [5.74, 6) is 0. The highest BCUT2D eigenvalue weighted by atomic mass is 16.5. The lowest BCUT2D eigenvalue weighted by atomic mass is 9.89. The van der Waals surface area contributed by atoms with Crippen molar-refractivity contribution in [3.63, 3.8) is 0 Å². The molecule has 0 atom stereocenters. The average molecular weight is 326 g/mol. The highest BCUT2D eigenvalue weighted by Gasteiger charge is 2.41. The number of nitrogens with zero attached hydrogens (tertiary/aromatic N) is 2. The number of hydrogen-bond donors (Lipinski definition) is 2. The number of ether oxygens (including phenoxy) is 1. The van der Waals surface area contributed by atoms with E-state index in [-0.39, 0.29) is 29.7 Å². The molecule has 2 heterocycles. The lowest BCUT2D eigenvalue weighted by Crippen LogP contribution is -2.61. The molecular formula is C16H30N4O3. The molecule has 0 aromatic rings. The number of amides is 4. The van der Waals surface area contributed by atoms with Gasteiger partial charge in [0.15, 0.2) is 0 Å². The van der Waals surface area contributed by atoms with E-state index in [1.807, 2.05) is 37.5 Å². The molecule has 0 aromatic carbocycles. The van der Waals surface area contributed by atoms with E-state index in [1.165, 1.54) is 0 Å². The molecule has 0 unspecified atom stereocenters. The summed E-state index contributed by atoms with van der Waals surface area (Å²) in [6.45, 7) is 10.9. The van der Waals surface area contributed by atoms with Crippen LogP contribution >= 0.6 is 0 Å². The molecule has 0 radical (unpaired) electrons. The first-order valence-corrected chi connectivity index (χ1v) is 8.56. The van der Waals surface area contributed by atoms with Crippen LogP contribution in [0.2, 0.25) is 0 Å². The van der Waals surface area contributed by atoms with Gasteiger partial charge in [-0.1, -0.05) is 0 Å². The van der Waals surface area contributed by atoms with Gasteiger partial charge in [0, 0.05) is 31.7 Å². The standard InChI is InChI=1S/C16H30N4O3/c1-12(2)17-14(21)19-7-5-16(6-8-19)11-20(9-10-23-16)15(22)18-13(3)4/h12-13H,5-11H2,1-4H3,(H,17,21)(H,18,22). The monoisotopic (exact) mass is 326 g/mol. The maximum absolute atomic E-state index is 12.2. The third-order valence-corrected chi connectivity index (χ3v) is 4.32. The number of morpholine rings is 1. The van der Waals surface area contributed by atoms with Crippen LogP contribution in [0.5, 0.6) is 0 Å². The average Bonchev–Trinajstić information content (AvgIpc) is 2.46. The van der Waals surface area contributed by atoms with Crippen LogP contribution in [0.15, 0.2) is 0 Å². The zero-order valence-electron chi connectivity index (χ0n) is 14.7. The van der Waals surface area contributed by atoms with Gasteiger partial charge in [-0.2, -0.15) is 0 Å². The summed E-state index contributed by atoms with van der Waals surface area (Å²) in [6, 6.07) is 0.227. The fraction of sp³-hybridized carbons (Fsp3) is 0.875. The molecule has 0 bridgehead atoms. The Morgan fingerprint density at radius 2 is 1.43 bits per heavy atom. The minimum Gasteiger partial charge on any atom is -0.371 e. The zero-order chi connectivity index (χ0) is 17.0. The Balaban J connectivity index is 1.89. The molecule has 0 aromatic heterocycles. The minimum absolute atomic E-state index is 0.0138. The van der Waals surface area contributed by atoms with Crippen LogP contribution in [0.1, 0.15) is 40.5 Å². The number of carbonyl (C=O) groups is 2. The second-order valence-electron chi connectivity index (χ2n) is 7.15. The maximum Gasteiger partial charge on any atom is 0.317 e. The third-order valence-electron chi connectivity index (χ3n) is 4.32. The molecule has 7 heteroatoms. The van der Waals surface area contributed by atoms with E-state index < -0.39 is 0 Å². The summed E-state index contributed by atoms with van der Waals surface area (Å²) < 4.78 is 6.02. The fourth-order valence-corrected chi connectivity index (χ4v) is 3.11. The first-order valence-electron chi connectivity index (χ1n) is 8.56. The smallest absolute Gasteiger partial charge is 0.317 e. The van der Waals surface area contributed by atoms with Crippen molar-refractivity contribution in [1.29, 1.82) is 0 Å². The molecule has 4 amide bonds. The second kappa shape index (κ2) is 7.38. The highest BCUT2D eigenvalue weighted by molar-refractivity contribution is 5.75. The summed E-state index contributed by atoms with van der Waals surface area (Å²) in [5, 5.41) is 5.86. The highest BCUT2D eigenvalue weighted by Crippen LogP contribution is 2.30. The summed E-state index contributed by atoms with van der Waals surface area (Å²) in [4.78, 5) is 28.0. The van der Waals surface area contributed by atoms with Crippen LogP contribution in [-0.2, 0) is 4.74 Å². The van der Waals surface area contributed by atoms with Gasteiger partial charge in [-0.15, -0.1) is 0 Å². The van der Waals surface area contributed by atoms with Gasteiger partial charge < -0.3 is 25.2 Å². The predicted octanol–water partition coefficient (Wildman–Crippen LogP) is 1.39. The van der Waals surface area contributed by atoms with E-state index in [9.17, 15) is 9.59 Å². The van der Waals surface area contributed by atoms with Crippen molar-refractivity contribution in [1.82, 2.24) is 20.4 Å². The maximum atomic E-state index is 12.2. The lowest BCUT2D eigenvalue weighted by Gasteiger charge is -2.47. The van der Waals surface area contributed by atoms with Gasteiger partial charge in [0.05, 0.1) is 18.8 Å². The van der Waals surface area contributed by atoms with Crippen molar-refractivity contribution in [3.8, 4) is 0 Å². The van der Waals surface area contributed by atoms with Crippen LogP contribution < -0.4 is 10.6 Å². The topological polar surface area (TPSA) is 73.9 Å². The number of piperidine rings is 1. The van der Waals surface area contributed by atoms with E-state index in [0.29, 0.717) is 32.8 Å². The van der Waals surface area contributed by atoms with Crippen molar-refractivity contribution >= 4 is 12.1 Å². The Bertz CT molecular complexity index is 431. The Morgan fingerprint density at radius 3 is 1.96 bits per heavy atom. The Labute approximate surface area is 138 Å². The predicted molar refractivity (Wildman–Crippen MR) is 88.4 cm³/mol. The van der Waals surface area contributed by atoms with Crippen LogP contribution in [0.4, 0.5) is 9.59 Å². The molecule has 23 heavy (non-hydrogen) atoms. The molecule has 2 aliphatic heterocycles. The number of nitrogens with one attached hydrogen (secondary N) is 2. The second-order valence-corrected chi connectivity index (χ2v) is 7.15. The molecule has 0 aliphatic carbocycles. The van der Waals surface area contributed by atoms with Gasteiger partial charge in [0.1, 0.15) is 0 Å². The number of carbonyl (C=O) groups excluding carboxylic acids is 2. The number of likely N-dealkylation sites (tertiary alicyclic amines) is 1. The van der Waals surface area contributed by atoms with E-state index in [1.54, 1.807) is 0 Å². The molecule has 1 spiro atoms. The van der Waals surface area contributed by atoms with E-state index >= 15 is 0 Å². The minimum atomic E-state index is -0.304. The van der Waals surface area contributed by atoms with Gasteiger partial charge in [0.2, 0.25) is 0 Å². The van der Waals surface area contributed by atoms with E-state index in [0.717, 1.165) is 12.8 Å². The fourth-order valence-electron chi connectivity index (χ4n) is 3.11. The quantitative estimate of drug-likeness (QED) is 0.805. The zero-order valence-corrected chi connectivity index (χ0v) is 14.7. The Morgan fingerprint density at radius 1 is 0.913 bits per heavy atom. The molecule has 2 saturated heterocycles. The summed E-state index contributed by atoms with van der Waals surface area (Å²) in [7, 11) is 0. The SMILES string of the molecule is CC(C)NC(=O)N1CCC2(CC1)CN(C(=O)NC(C)C)CCO2. The molecule has 0 saturated carbocycles. The van der Waals surface area contributed by atoms with E-state index in [4.69, 9.17) is 4.74 Å². The third kappa shape index (κ3) is 4.73. The number of rotatable bonds is 2. The Kier molecular flexibility index (Phi) is 5.73. The molecule has 2 rings (SSSR count). The van der Waals surface area contributed by atoms with Crippen molar-refractivity contribution in [2.24, 2.45) is 0 Å². The van der Waals surface area contributed by atoms with Gasteiger partial charge in [-0.05, 0) is 40.5 Å². The van der Waals surface area contributed by atoms with E-state index in [2.05, 4.69) is 10.6 Å².